The number of aliphatic imine (C=N–C) groups is 1. The number of hydrogen-bond donors (Lipinski definition) is 2. The molecule has 2 aliphatic rings. The number of urea groups is 1. The van der Waals surface area contributed by atoms with Crippen LogP contribution in [0.3, 0.4) is 0 Å². The Kier molecular flexibility index (Phi) is 6.77. The number of amides is 3. The fraction of sp³-hybridized carbons (Fsp3) is 0.250. The molecular formula is C28H27FN4O3. The minimum Gasteiger partial charge on any atom is -0.376 e. The van der Waals surface area contributed by atoms with Gasteiger partial charge in [-0.2, -0.15) is 0 Å². The summed E-state index contributed by atoms with van der Waals surface area (Å²) < 4.78 is 20.7. The highest BCUT2D eigenvalue weighted by Crippen LogP contribution is 2.30. The van der Waals surface area contributed by atoms with E-state index in [-0.39, 0.29) is 11.7 Å². The van der Waals surface area contributed by atoms with Crippen molar-refractivity contribution in [2.24, 2.45) is 4.99 Å². The van der Waals surface area contributed by atoms with Crippen molar-refractivity contribution in [3.05, 3.63) is 95.3 Å². The Morgan fingerprint density at radius 1 is 1.08 bits per heavy atom. The third-order valence-electron chi connectivity index (χ3n) is 6.29. The summed E-state index contributed by atoms with van der Waals surface area (Å²) in [6.07, 6.45) is 0.363. The molecule has 3 amide bonds. The van der Waals surface area contributed by atoms with Crippen LogP contribution < -0.4 is 15.5 Å². The lowest BCUT2D eigenvalue weighted by Crippen LogP contribution is -2.50. The fourth-order valence-electron chi connectivity index (χ4n) is 4.59. The van der Waals surface area contributed by atoms with Gasteiger partial charge < -0.3 is 20.3 Å². The summed E-state index contributed by atoms with van der Waals surface area (Å²) in [5, 5.41) is 5.45. The lowest BCUT2D eigenvalue weighted by atomic mass is 9.99. The van der Waals surface area contributed by atoms with Crippen molar-refractivity contribution in [1.82, 2.24) is 5.32 Å². The molecule has 36 heavy (non-hydrogen) atoms. The molecule has 3 aromatic rings. The van der Waals surface area contributed by atoms with Crippen molar-refractivity contribution in [1.29, 1.82) is 0 Å². The molecule has 184 valence electrons. The molecule has 0 bridgehead atoms. The average molecular weight is 487 g/mol. The Labute approximate surface area is 209 Å². The standard InChI is InChI=1S/C28H27FN4O3/c1-18-8-6-9-19(16-18)30-28(35)32-26-27(34)33(17-20-10-7-15-36-20)24-14-5-3-12-22(24)25(31-26)21-11-2-4-13-23(21)29/h2-6,8-9,11-14,16,20,26H,7,10,15,17H2,1H3,(H2,30,32,35). The third kappa shape index (κ3) is 4.99. The monoisotopic (exact) mass is 486 g/mol. The number of ether oxygens (including phenoxy) is 1. The number of benzodiazepines with no additional fused rings is 1. The van der Waals surface area contributed by atoms with E-state index in [1.165, 1.54) is 6.07 Å². The van der Waals surface area contributed by atoms with Gasteiger partial charge >= 0.3 is 6.03 Å². The molecule has 2 unspecified atom stereocenters. The first-order chi connectivity index (χ1) is 17.5. The number of hydrogen-bond acceptors (Lipinski definition) is 4. The number of anilines is 2. The largest absolute Gasteiger partial charge is 0.376 e. The number of para-hydroxylation sites is 1. The topological polar surface area (TPSA) is 83.0 Å². The lowest BCUT2D eigenvalue weighted by molar-refractivity contribution is -0.120. The molecule has 0 aliphatic carbocycles. The number of fused-ring (bicyclic) bond motifs is 1. The zero-order valence-corrected chi connectivity index (χ0v) is 19.9. The number of carbonyl (C=O) groups is 2. The third-order valence-corrected chi connectivity index (χ3v) is 6.29. The molecule has 1 saturated heterocycles. The summed E-state index contributed by atoms with van der Waals surface area (Å²) >= 11 is 0. The normalized spacial score (nSPS) is 19.3. The van der Waals surface area contributed by atoms with Crippen molar-refractivity contribution < 1.29 is 18.7 Å². The van der Waals surface area contributed by atoms with Crippen LogP contribution in [0.4, 0.5) is 20.6 Å². The Bertz CT molecular complexity index is 1320. The van der Waals surface area contributed by atoms with Gasteiger partial charge in [0.15, 0.2) is 0 Å². The summed E-state index contributed by atoms with van der Waals surface area (Å²) in [6.45, 7) is 2.88. The molecule has 7 nitrogen and oxygen atoms in total. The summed E-state index contributed by atoms with van der Waals surface area (Å²) in [7, 11) is 0. The van der Waals surface area contributed by atoms with Gasteiger partial charge in [-0.15, -0.1) is 0 Å². The molecule has 0 aromatic heterocycles. The fourth-order valence-corrected chi connectivity index (χ4v) is 4.59. The highest BCUT2D eigenvalue weighted by Gasteiger charge is 2.35. The molecule has 5 rings (SSSR count). The SMILES string of the molecule is Cc1cccc(NC(=O)NC2N=C(c3ccccc3F)c3ccccc3N(CC3CCCO3)C2=O)c1. The first kappa shape index (κ1) is 23.7. The average Bonchev–Trinajstić information content (AvgIpc) is 3.35. The molecule has 2 N–H and O–H groups in total. The maximum Gasteiger partial charge on any atom is 0.321 e. The van der Waals surface area contributed by atoms with Crippen LogP contribution in [0.1, 0.15) is 29.5 Å². The van der Waals surface area contributed by atoms with E-state index in [9.17, 15) is 14.0 Å². The van der Waals surface area contributed by atoms with Crippen molar-refractivity contribution in [2.45, 2.75) is 32.0 Å². The predicted octanol–water partition coefficient (Wildman–Crippen LogP) is 4.64. The minimum atomic E-state index is -1.27. The Morgan fingerprint density at radius 2 is 1.86 bits per heavy atom. The van der Waals surface area contributed by atoms with Crippen molar-refractivity contribution in [2.75, 3.05) is 23.4 Å². The zero-order valence-electron chi connectivity index (χ0n) is 19.9. The van der Waals surface area contributed by atoms with Crippen LogP contribution in [0, 0.1) is 12.7 Å². The number of halogens is 1. The first-order valence-electron chi connectivity index (χ1n) is 12.0. The highest BCUT2D eigenvalue weighted by molar-refractivity contribution is 6.20. The van der Waals surface area contributed by atoms with Gasteiger partial charge in [0.05, 0.1) is 24.0 Å². The van der Waals surface area contributed by atoms with Gasteiger partial charge in [-0.3, -0.25) is 4.79 Å². The molecule has 0 radical (unpaired) electrons. The second-order valence-corrected chi connectivity index (χ2v) is 8.93. The zero-order chi connectivity index (χ0) is 25.1. The number of benzene rings is 3. The smallest absolute Gasteiger partial charge is 0.321 e. The Hall–Kier alpha value is -4.04. The van der Waals surface area contributed by atoms with Gasteiger partial charge in [-0.1, -0.05) is 42.5 Å². The minimum absolute atomic E-state index is 0.126. The van der Waals surface area contributed by atoms with E-state index in [0.717, 1.165) is 18.4 Å². The maximum atomic E-state index is 14.9. The van der Waals surface area contributed by atoms with E-state index in [0.29, 0.717) is 35.8 Å². The van der Waals surface area contributed by atoms with Crippen LogP contribution in [0.2, 0.25) is 0 Å². The van der Waals surface area contributed by atoms with Gasteiger partial charge in [0.1, 0.15) is 5.82 Å². The highest BCUT2D eigenvalue weighted by atomic mass is 19.1. The molecule has 2 aliphatic heterocycles. The number of nitrogens with zero attached hydrogens (tertiary/aromatic N) is 2. The number of carbonyl (C=O) groups excluding carboxylic acids is 2. The first-order valence-corrected chi connectivity index (χ1v) is 12.0. The second-order valence-electron chi connectivity index (χ2n) is 8.93. The molecule has 0 saturated carbocycles. The van der Waals surface area contributed by atoms with E-state index in [1.807, 2.05) is 49.4 Å². The van der Waals surface area contributed by atoms with Crippen LogP contribution in [-0.2, 0) is 9.53 Å². The summed E-state index contributed by atoms with van der Waals surface area (Å²) in [5.41, 5.74) is 3.33. The van der Waals surface area contributed by atoms with Crippen molar-refractivity contribution in [3.63, 3.8) is 0 Å². The second kappa shape index (κ2) is 10.3. The van der Waals surface area contributed by atoms with Crippen LogP contribution in [0.15, 0.2) is 77.8 Å². The van der Waals surface area contributed by atoms with Gasteiger partial charge in [0, 0.05) is 23.4 Å². The maximum absolute atomic E-state index is 14.9. The van der Waals surface area contributed by atoms with Gasteiger partial charge in [0.25, 0.3) is 5.91 Å². The molecular weight excluding hydrogens is 459 g/mol. The molecule has 3 aromatic carbocycles. The van der Waals surface area contributed by atoms with Crippen molar-refractivity contribution in [3.8, 4) is 0 Å². The van der Waals surface area contributed by atoms with Gasteiger partial charge in [-0.25, -0.2) is 14.2 Å². The Morgan fingerprint density at radius 3 is 2.61 bits per heavy atom. The van der Waals surface area contributed by atoms with Crippen LogP contribution in [-0.4, -0.2) is 43.1 Å². The summed E-state index contributed by atoms with van der Waals surface area (Å²) in [6, 6.07) is 20.3. The van der Waals surface area contributed by atoms with E-state index < -0.39 is 23.9 Å². The molecule has 2 heterocycles. The van der Waals surface area contributed by atoms with Crippen LogP contribution >= 0.6 is 0 Å². The van der Waals surface area contributed by atoms with Gasteiger partial charge in [-0.05, 0) is 55.7 Å². The summed E-state index contributed by atoms with van der Waals surface area (Å²) in [4.78, 5) is 33.0. The number of aryl methyl sites for hydroxylation is 1. The van der Waals surface area contributed by atoms with E-state index >= 15 is 0 Å². The molecule has 2 atom stereocenters. The van der Waals surface area contributed by atoms with E-state index in [2.05, 4.69) is 15.6 Å². The molecule has 1 fully saturated rings. The predicted molar refractivity (Wildman–Crippen MR) is 137 cm³/mol. The molecule has 0 spiro atoms. The number of nitrogens with one attached hydrogen (secondary N) is 2. The van der Waals surface area contributed by atoms with Crippen molar-refractivity contribution >= 4 is 29.0 Å². The van der Waals surface area contributed by atoms with Crippen LogP contribution in [0.5, 0.6) is 0 Å². The quantitative estimate of drug-likeness (QED) is 0.551. The van der Waals surface area contributed by atoms with E-state index in [1.54, 1.807) is 29.2 Å². The van der Waals surface area contributed by atoms with E-state index in [4.69, 9.17) is 4.74 Å². The Balaban J connectivity index is 1.54. The molecule has 8 heteroatoms. The van der Waals surface area contributed by atoms with Crippen LogP contribution in [0.25, 0.3) is 0 Å². The lowest BCUT2D eigenvalue weighted by Gasteiger charge is -2.27. The summed E-state index contributed by atoms with van der Waals surface area (Å²) in [5.74, 6) is -0.877. The number of rotatable bonds is 5. The van der Waals surface area contributed by atoms with Gasteiger partial charge in [0.2, 0.25) is 6.17 Å².